The number of hydrogen-bond acceptors (Lipinski definition) is 5. The lowest BCUT2D eigenvalue weighted by Gasteiger charge is -2.39. The summed E-state index contributed by atoms with van der Waals surface area (Å²) in [5.41, 5.74) is 6.73. The van der Waals surface area contributed by atoms with Crippen LogP contribution in [0, 0.1) is 0 Å². The van der Waals surface area contributed by atoms with Gasteiger partial charge in [-0.05, 0) is 42.3 Å². The molecule has 0 atom stereocenters. The highest BCUT2D eigenvalue weighted by Crippen LogP contribution is 2.38. The summed E-state index contributed by atoms with van der Waals surface area (Å²) in [6.07, 6.45) is 3.07. The van der Waals surface area contributed by atoms with E-state index in [1.165, 1.54) is 6.20 Å². The van der Waals surface area contributed by atoms with Gasteiger partial charge in [0, 0.05) is 18.1 Å². The lowest BCUT2D eigenvalue weighted by molar-refractivity contribution is 0.0888. The van der Waals surface area contributed by atoms with E-state index in [9.17, 15) is 4.79 Å². The van der Waals surface area contributed by atoms with Crippen LogP contribution in [-0.4, -0.2) is 46.8 Å². The number of carbonyl (C=O) groups is 1. The minimum atomic E-state index is -1.95. The largest absolute Gasteiger partial charge is 0.415 e. The monoisotopic (exact) mass is 439 g/mol. The first-order chi connectivity index (χ1) is 13.0. The Kier molecular flexibility index (Phi) is 8.26. The molecular formula is C21H41N3O3Si2. The smallest absolute Gasteiger partial charge is 0.255 e. The Morgan fingerprint density at radius 2 is 1.48 bits per heavy atom. The van der Waals surface area contributed by atoms with Crippen molar-refractivity contribution in [3.63, 3.8) is 0 Å². The molecule has 0 saturated carbocycles. The molecule has 1 aromatic rings. The molecule has 0 fully saturated rings. The lowest BCUT2D eigenvalue weighted by atomic mass is 10.2. The predicted molar refractivity (Wildman–Crippen MR) is 126 cm³/mol. The molecular weight excluding hydrogens is 398 g/mol. The van der Waals surface area contributed by atoms with Gasteiger partial charge in [-0.15, -0.1) is 0 Å². The third-order valence-corrected chi connectivity index (χ3v) is 15.3. The minimum Gasteiger partial charge on any atom is -0.415 e. The Balaban J connectivity index is 2.96. The molecule has 1 aromatic heterocycles. The van der Waals surface area contributed by atoms with Crippen LogP contribution in [0.1, 0.15) is 51.9 Å². The van der Waals surface area contributed by atoms with Gasteiger partial charge in [-0.1, -0.05) is 41.5 Å². The van der Waals surface area contributed by atoms with E-state index in [-0.39, 0.29) is 22.0 Å². The summed E-state index contributed by atoms with van der Waals surface area (Å²) >= 11 is 0. The number of carbonyl (C=O) groups excluding carboxylic acids is 1. The highest BCUT2D eigenvalue weighted by atomic mass is 28.4. The molecule has 0 bridgehead atoms. The van der Waals surface area contributed by atoms with Gasteiger partial charge in [0.1, 0.15) is 0 Å². The quantitative estimate of drug-likeness (QED) is 0.568. The fraction of sp³-hybridized carbons (Fsp3) is 0.714. The molecule has 1 amide bonds. The van der Waals surface area contributed by atoms with E-state index >= 15 is 0 Å². The Morgan fingerprint density at radius 1 is 1.03 bits per heavy atom. The SMILES string of the molecule is CC(C)(C)[Si](C)(C)OCC(CO[Si](C)(C)C(C)(C)C)NC(=O)c1cnccc1N. The van der Waals surface area contributed by atoms with Gasteiger partial charge >= 0.3 is 0 Å². The van der Waals surface area contributed by atoms with E-state index in [0.717, 1.165) is 0 Å². The number of hydrogen-bond donors (Lipinski definition) is 2. The summed E-state index contributed by atoms with van der Waals surface area (Å²) in [6.45, 7) is 22.9. The molecule has 0 aliphatic rings. The van der Waals surface area contributed by atoms with E-state index < -0.39 is 16.6 Å². The van der Waals surface area contributed by atoms with Crippen molar-refractivity contribution in [2.75, 3.05) is 18.9 Å². The first kappa shape index (κ1) is 25.8. The van der Waals surface area contributed by atoms with Crippen LogP contribution in [0.3, 0.4) is 0 Å². The predicted octanol–water partition coefficient (Wildman–Crippen LogP) is 4.81. The third-order valence-electron chi connectivity index (χ3n) is 6.34. The third kappa shape index (κ3) is 7.20. The molecule has 3 N–H and O–H groups in total. The van der Waals surface area contributed by atoms with Gasteiger partial charge < -0.3 is 19.9 Å². The van der Waals surface area contributed by atoms with Crippen molar-refractivity contribution in [3.8, 4) is 0 Å². The molecule has 0 aliphatic carbocycles. The summed E-state index contributed by atoms with van der Waals surface area (Å²) < 4.78 is 12.8. The van der Waals surface area contributed by atoms with Crippen molar-refractivity contribution in [2.45, 2.75) is 83.8 Å². The number of nitrogens with one attached hydrogen (secondary N) is 1. The normalized spacial score (nSPS) is 13.6. The number of nitrogen functional groups attached to an aromatic ring is 1. The molecule has 0 aromatic carbocycles. The highest BCUT2D eigenvalue weighted by Gasteiger charge is 2.40. The van der Waals surface area contributed by atoms with Gasteiger partial charge in [-0.2, -0.15) is 0 Å². The van der Waals surface area contributed by atoms with Gasteiger partial charge in [0.25, 0.3) is 5.91 Å². The first-order valence-corrected chi connectivity index (χ1v) is 16.1. The molecule has 1 rings (SSSR count). The number of rotatable bonds is 8. The standard InChI is InChI=1S/C21H41N3O3Si2/c1-20(2,3)28(7,8)26-14-16(15-27-29(9,10)21(4,5)6)24-19(25)17-13-23-12-11-18(17)22/h11-13,16H,14-15H2,1-10H3,(H2,22,23)(H,24,25). The van der Waals surface area contributed by atoms with Crippen LogP contribution in [-0.2, 0) is 8.85 Å². The van der Waals surface area contributed by atoms with Crippen LogP contribution in [0.4, 0.5) is 5.69 Å². The molecule has 0 spiro atoms. The van der Waals surface area contributed by atoms with Gasteiger partial charge in [-0.3, -0.25) is 9.78 Å². The van der Waals surface area contributed by atoms with Crippen molar-refractivity contribution in [1.29, 1.82) is 0 Å². The average molecular weight is 440 g/mol. The van der Waals surface area contributed by atoms with Crippen molar-refractivity contribution in [2.24, 2.45) is 0 Å². The number of anilines is 1. The fourth-order valence-corrected chi connectivity index (χ4v) is 4.14. The van der Waals surface area contributed by atoms with Crippen LogP contribution in [0.5, 0.6) is 0 Å². The van der Waals surface area contributed by atoms with Crippen LogP contribution < -0.4 is 11.1 Å². The molecule has 6 nitrogen and oxygen atoms in total. The zero-order chi connectivity index (χ0) is 22.7. The zero-order valence-corrected chi connectivity index (χ0v) is 22.0. The van der Waals surface area contributed by atoms with Crippen LogP contribution in [0.25, 0.3) is 0 Å². The van der Waals surface area contributed by atoms with Crippen molar-refractivity contribution in [1.82, 2.24) is 10.3 Å². The first-order valence-electron chi connectivity index (χ1n) is 10.3. The second-order valence-corrected chi connectivity index (χ2v) is 20.4. The van der Waals surface area contributed by atoms with Crippen molar-refractivity contribution in [3.05, 3.63) is 24.0 Å². The number of nitrogens with two attached hydrogens (primary N) is 1. The van der Waals surface area contributed by atoms with E-state index in [2.05, 4.69) is 78.0 Å². The maximum atomic E-state index is 12.8. The molecule has 166 valence electrons. The van der Waals surface area contributed by atoms with E-state index in [0.29, 0.717) is 24.5 Å². The van der Waals surface area contributed by atoms with E-state index in [1.807, 2.05) is 0 Å². The summed E-state index contributed by atoms with van der Waals surface area (Å²) in [5.74, 6) is -0.252. The lowest BCUT2D eigenvalue weighted by Crippen LogP contribution is -2.50. The van der Waals surface area contributed by atoms with E-state index in [1.54, 1.807) is 12.3 Å². The van der Waals surface area contributed by atoms with Gasteiger partial charge in [0.15, 0.2) is 16.6 Å². The van der Waals surface area contributed by atoms with Gasteiger partial charge in [0.2, 0.25) is 0 Å². The molecule has 0 saturated heterocycles. The number of amides is 1. The number of pyridine rings is 1. The van der Waals surface area contributed by atoms with Crippen LogP contribution in [0.15, 0.2) is 18.5 Å². The Morgan fingerprint density at radius 3 is 1.86 bits per heavy atom. The number of nitrogens with zero attached hydrogens (tertiary/aromatic N) is 1. The Labute approximate surface area is 179 Å². The van der Waals surface area contributed by atoms with Crippen molar-refractivity contribution >= 4 is 28.2 Å². The Hall–Kier alpha value is -1.23. The maximum absolute atomic E-state index is 12.8. The van der Waals surface area contributed by atoms with Crippen LogP contribution >= 0.6 is 0 Å². The summed E-state index contributed by atoms with van der Waals surface area (Å²) in [5, 5.41) is 3.24. The minimum absolute atomic E-state index is 0.0929. The second-order valence-electron chi connectivity index (χ2n) is 10.8. The van der Waals surface area contributed by atoms with Crippen molar-refractivity contribution < 1.29 is 13.6 Å². The Bertz CT molecular complexity index is 665. The molecule has 29 heavy (non-hydrogen) atoms. The molecule has 8 heteroatoms. The molecule has 0 aliphatic heterocycles. The van der Waals surface area contributed by atoms with Gasteiger partial charge in [-0.25, -0.2) is 0 Å². The molecule has 0 unspecified atom stereocenters. The average Bonchev–Trinajstić information content (AvgIpc) is 2.55. The van der Waals surface area contributed by atoms with Crippen LogP contribution in [0.2, 0.25) is 36.3 Å². The molecule has 0 radical (unpaired) electrons. The van der Waals surface area contributed by atoms with Gasteiger partial charge in [0.05, 0.1) is 24.8 Å². The second kappa shape index (κ2) is 9.28. The van der Waals surface area contributed by atoms with E-state index in [4.69, 9.17) is 14.6 Å². The maximum Gasteiger partial charge on any atom is 0.255 e. The molecule has 1 heterocycles. The summed E-state index contributed by atoms with van der Waals surface area (Å²) in [4.78, 5) is 16.8. The highest BCUT2D eigenvalue weighted by molar-refractivity contribution is 6.74. The number of aromatic nitrogens is 1. The summed E-state index contributed by atoms with van der Waals surface area (Å²) in [7, 11) is -3.91. The zero-order valence-electron chi connectivity index (χ0n) is 20.0. The topological polar surface area (TPSA) is 86.5 Å². The summed E-state index contributed by atoms with van der Waals surface area (Å²) in [6, 6.07) is 1.37. The fourth-order valence-electron chi connectivity index (χ4n) is 2.04.